The van der Waals surface area contributed by atoms with E-state index in [-0.39, 0.29) is 0 Å². The molecule has 0 saturated carbocycles. The Morgan fingerprint density at radius 2 is 2.14 bits per heavy atom. The summed E-state index contributed by atoms with van der Waals surface area (Å²) in [7, 11) is 0. The lowest BCUT2D eigenvalue weighted by Gasteiger charge is -2.01. The smallest absolute Gasteiger partial charge is 0.148 e. The Balaban J connectivity index is 2.82. The fourth-order valence-corrected chi connectivity index (χ4v) is 1.70. The number of hydrogen-bond donors (Lipinski definition) is 0. The Morgan fingerprint density at radius 1 is 1.36 bits per heavy atom. The van der Waals surface area contributed by atoms with Gasteiger partial charge in [-0.3, -0.25) is 0 Å². The van der Waals surface area contributed by atoms with Gasteiger partial charge in [0.15, 0.2) is 0 Å². The molecule has 14 heavy (non-hydrogen) atoms. The third-order valence-electron chi connectivity index (χ3n) is 2.04. The van der Waals surface area contributed by atoms with E-state index in [1.807, 2.05) is 30.3 Å². The average Bonchev–Trinajstić information content (AvgIpc) is 2.27. The van der Waals surface area contributed by atoms with Gasteiger partial charge in [-0.15, -0.1) is 0 Å². The molecule has 0 fully saturated rings. The maximum absolute atomic E-state index is 8.93. The first-order valence-electron chi connectivity index (χ1n) is 4.20. The van der Waals surface area contributed by atoms with E-state index in [9.17, 15) is 0 Å². The number of aromatic nitrogens is 1. The van der Waals surface area contributed by atoms with Crippen LogP contribution in [0.2, 0.25) is 0 Å². The molecule has 0 atom stereocenters. The quantitative estimate of drug-likeness (QED) is 0.726. The molecule has 0 aliphatic rings. The molecule has 1 heterocycles. The third kappa shape index (κ3) is 1.49. The van der Waals surface area contributed by atoms with Crippen LogP contribution >= 0.6 is 15.9 Å². The molecule has 0 aliphatic carbocycles. The summed E-state index contributed by atoms with van der Waals surface area (Å²) in [6.45, 7) is 0. The van der Waals surface area contributed by atoms with Crippen molar-refractivity contribution in [3.63, 3.8) is 0 Å². The van der Waals surface area contributed by atoms with Crippen LogP contribution in [0.5, 0.6) is 0 Å². The summed E-state index contributed by atoms with van der Waals surface area (Å²) < 4.78 is 0. The molecule has 0 bridgehead atoms. The van der Waals surface area contributed by atoms with Crippen LogP contribution < -0.4 is 0 Å². The summed E-state index contributed by atoms with van der Waals surface area (Å²) in [4.78, 5) is 4.23. The summed E-state index contributed by atoms with van der Waals surface area (Å²) in [5, 5.41) is 11.6. The molecule has 0 saturated heterocycles. The van der Waals surface area contributed by atoms with Gasteiger partial charge in [0.25, 0.3) is 0 Å². The van der Waals surface area contributed by atoms with Crippen molar-refractivity contribution in [3.8, 4) is 6.07 Å². The summed E-state index contributed by atoms with van der Waals surface area (Å²) in [6.07, 6.45) is 0. The van der Waals surface area contributed by atoms with Crippen molar-refractivity contribution >= 4 is 26.7 Å². The first kappa shape index (κ1) is 9.17. The molecule has 0 radical (unpaired) electrons. The zero-order chi connectivity index (χ0) is 9.97. The van der Waals surface area contributed by atoms with Crippen molar-refractivity contribution in [2.75, 3.05) is 0 Å². The molecule has 2 rings (SSSR count). The minimum absolute atomic E-state index is 0.498. The average molecular weight is 247 g/mol. The molecular formula is C11H7BrN2. The SMILES string of the molecule is N#Cc1nc(CBr)cc2ccccc12. The van der Waals surface area contributed by atoms with Crippen molar-refractivity contribution in [2.24, 2.45) is 0 Å². The van der Waals surface area contributed by atoms with Gasteiger partial charge < -0.3 is 0 Å². The minimum Gasteiger partial charge on any atom is -0.241 e. The van der Waals surface area contributed by atoms with Crippen molar-refractivity contribution in [1.82, 2.24) is 4.98 Å². The molecular weight excluding hydrogens is 240 g/mol. The van der Waals surface area contributed by atoms with Gasteiger partial charge in [-0.25, -0.2) is 4.98 Å². The molecule has 0 N–H and O–H groups in total. The molecule has 68 valence electrons. The number of pyridine rings is 1. The molecule has 2 nitrogen and oxygen atoms in total. The van der Waals surface area contributed by atoms with Gasteiger partial charge in [-0.1, -0.05) is 40.2 Å². The van der Waals surface area contributed by atoms with E-state index < -0.39 is 0 Å². The molecule has 1 aromatic heterocycles. The van der Waals surface area contributed by atoms with Crippen LogP contribution in [0.15, 0.2) is 30.3 Å². The summed E-state index contributed by atoms with van der Waals surface area (Å²) in [5.74, 6) is 0. The van der Waals surface area contributed by atoms with Crippen LogP contribution in [0, 0.1) is 11.3 Å². The predicted octanol–water partition coefficient (Wildman–Crippen LogP) is 3.00. The number of nitriles is 1. The predicted molar refractivity (Wildman–Crippen MR) is 59.1 cm³/mol. The van der Waals surface area contributed by atoms with E-state index in [1.165, 1.54) is 0 Å². The van der Waals surface area contributed by atoms with Crippen LogP contribution in [0.3, 0.4) is 0 Å². The molecule has 0 unspecified atom stereocenters. The van der Waals surface area contributed by atoms with E-state index in [1.54, 1.807) is 0 Å². The molecule has 0 amide bonds. The number of alkyl halides is 1. The molecule has 3 heteroatoms. The first-order valence-corrected chi connectivity index (χ1v) is 5.32. The van der Waals surface area contributed by atoms with E-state index in [2.05, 4.69) is 27.0 Å². The Bertz CT molecular complexity index is 514. The van der Waals surface area contributed by atoms with Crippen molar-refractivity contribution in [3.05, 3.63) is 41.7 Å². The lowest BCUT2D eigenvalue weighted by atomic mass is 10.1. The normalized spacial score (nSPS) is 10.0. The first-order chi connectivity index (χ1) is 6.85. The molecule has 0 spiro atoms. The zero-order valence-electron chi connectivity index (χ0n) is 7.37. The van der Waals surface area contributed by atoms with Crippen molar-refractivity contribution in [1.29, 1.82) is 5.26 Å². The third-order valence-corrected chi connectivity index (χ3v) is 2.61. The van der Waals surface area contributed by atoms with Crippen LogP contribution in [0.25, 0.3) is 10.8 Å². The van der Waals surface area contributed by atoms with E-state index in [0.717, 1.165) is 16.5 Å². The van der Waals surface area contributed by atoms with Gasteiger partial charge in [-0.05, 0) is 11.5 Å². The van der Waals surface area contributed by atoms with E-state index in [0.29, 0.717) is 11.0 Å². The number of fused-ring (bicyclic) bond motifs is 1. The second-order valence-corrected chi connectivity index (χ2v) is 3.49. The van der Waals surface area contributed by atoms with Gasteiger partial charge in [0.2, 0.25) is 0 Å². The second-order valence-electron chi connectivity index (χ2n) is 2.93. The highest BCUT2D eigenvalue weighted by molar-refractivity contribution is 9.08. The van der Waals surface area contributed by atoms with Gasteiger partial charge in [-0.2, -0.15) is 5.26 Å². The van der Waals surface area contributed by atoms with Crippen LogP contribution in [0.1, 0.15) is 11.4 Å². The summed E-state index contributed by atoms with van der Waals surface area (Å²) >= 11 is 3.33. The maximum Gasteiger partial charge on any atom is 0.148 e. The topological polar surface area (TPSA) is 36.7 Å². The number of rotatable bonds is 1. The van der Waals surface area contributed by atoms with Gasteiger partial charge in [0.05, 0.1) is 5.69 Å². The highest BCUT2D eigenvalue weighted by atomic mass is 79.9. The van der Waals surface area contributed by atoms with Crippen LogP contribution in [0.4, 0.5) is 0 Å². The Labute approximate surface area is 90.3 Å². The number of benzene rings is 1. The summed E-state index contributed by atoms with van der Waals surface area (Å²) in [5.41, 5.74) is 1.39. The Morgan fingerprint density at radius 3 is 2.86 bits per heavy atom. The van der Waals surface area contributed by atoms with Gasteiger partial charge in [0, 0.05) is 10.7 Å². The standard InChI is InChI=1S/C11H7BrN2/c12-6-9-5-8-3-1-2-4-10(8)11(7-13)14-9/h1-5H,6H2. The van der Waals surface area contributed by atoms with Gasteiger partial charge in [0.1, 0.15) is 11.8 Å². The number of nitrogens with zero attached hydrogens (tertiary/aromatic N) is 2. The Hall–Kier alpha value is -1.40. The van der Waals surface area contributed by atoms with Crippen molar-refractivity contribution in [2.45, 2.75) is 5.33 Å². The van der Waals surface area contributed by atoms with E-state index >= 15 is 0 Å². The molecule has 1 aromatic carbocycles. The lowest BCUT2D eigenvalue weighted by Crippen LogP contribution is -1.91. The Kier molecular flexibility index (Phi) is 2.47. The van der Waals surface area contributed by atoms with Gasteiger partial charge >= 0.3 is 0 Å². The maximum atomic E-state index is 8.93. The lowest BCUT2D eigenvalue weighted by molar-refractivity contribution is 1.18. The molecule has 2 aromatic rings. The number of halogens is 1. The minimum atomic E-state index is 0.498. The largest absolute Gasteiger partial charge is 0.241 e. The monoisotopic (exact) mass is 246 g/mol. The molecule has 0 aliphatic heterocycles. The fraction of sp³-hybridized carbons (Fsp3) is 0.0909. The van der Waals surface area contributed by atoms with Crippen molar-refractivity contribution < 1.29 is 0 Å². The second kappa shape index (κ2) is 3.77. The fourth-order valence-electron chi connectivity index (χ4n) is 1.41. The number of hydrogen-bond acceptors (Lipinski definition) is 2. The van der Waals surface area contributed by atoms with Crippen LogP contribution in [-0.4, -0.2) is 4.98 Å². The highest BCUT2D eigenvalue weighted by Crippen LogP contribution is 2.18. The summed E-state index contributed by atoms with van der Waals surface area (Å²) in [6, 6.07) is 11.9. The van der Waals surface area contributed by atoms with E-state index in [4.69, 9.17) is 5.26 Å². The zero-order valence-corrected chi connectivity index (χ0v) is 8.95. The van der Waals surface area contributed by atoms with Crippen LogP contribution in [-0.2, 0) is 5.33 Å². The highest BCUT2D eigenvalue weighted by Gasteiger charge is 2.03.